The first kappa shape index (κ1) is 27.5. The van der Waals surface area contributed by atoms with Gasteiger partial charge >= 0.3 is 0 Å². The number of alkyl halides is 1. The number of aryl methyl sites for hydroxylation is 2. The topological polar surface area (TPSA) is 98.7 Å². The van der Waals surface area contributed by atoms with Crippen LogP contribution in [0.3, 0.4) is 0 Å². The van der Waals surface area contributed by atoms with Crippen molar-refractivity contribution in [1.82, 2.24) is 10.2 Å². The SMILES string of the molecule is CCCNC(=O)[C@H]1[C@@H]2SC3(CC2Br)C(C(=O)Nc2cc(C)ccc2C)N([C@@H](CO)CC(C)C)C(=O)[C@H]13. The molecule has 7 nitrogen and oxygen atoms in total. The van der Waals surface area contributed by atoms with Crippen LogP contribution in [-0.2, 0) is 14.4 Å². The number of amides is 3. The van der Waals surface area contributed by atoms with Crippen molar-refractivity contribution in [1.29, 1.82) is 0 Å². The van der Waals surface area contributed by atoms with E-state index in [1.54, 1.807) is 16.7 Å². The number of rotatable bonds is 9. The summed E-state index contributed by atoms with van der Waals surface area (Å²) < 4.78 is -0.726. The minimum absolute atomic E-state index is 0.0255. The van der Waals surface area contributed by atoms with E-state index in [0.717, 1.165) is 23.2 Å². The number of aliphatic hydroxyl groups is 1. The van der Waals surface area contributed by atoms with Gasteiger partial charge in [0.1, 0.15) is 6.04 Å². The Balaban J connectivity index is 1.77. The number of hydrogen-bond acceptors (Lipinski definition) is 5. The molecule has 1 spiro atoms. The largest absolute Gasteiger partial charge is 0.394 e. The van der Waals surface area contributed by atoms with Gasteiger partial charge < -0.3 is 20.6 Å². The molecule has 3 saturated heterocycles. The molecule has 0 aromatic heterocycles. The van der Waals surface area contributed by atoms with Crippen molar-refractivity contribution < 1.29 is 19.5 Å². The molecule has 3 N–H and O–H groups in total. The van der Waals surface area contributed by atoms with E-state index >= 15 is 0 Å². The summed E-state index contributed by atoms with van der Waals surface area (Å²) in [5.41, 5.74) is 2.70. The van der Waals surface area contributed by atoms with E-state index in [2.05, 4.69) is 26.6 Å². The molecule has 1 aromatic carbocycles. The molecular formula is C27H38BrN3O4S. The maximum atomic E-state index is 14.2. The number of nitrogens with one attached hydrogen (secondary N) is 2. The van der Waals surface area contributed by atoms with Gasteiger partial charge in [0.2, 0.25) is 17.7 Å². The summed E-state index contributed by atoms with van der Waals surface area (Å²) in [6.45, 7) is 10.3. The highest BCUT2D eigenvalue weighted by molar-refractivity contribution is 9.09. The van der Waals surface area contributed by atoms with E-state index < -0.39 is 28.7 Å². The number of carbonyl (C=O) groups excluding carboxylic acids is 3. The van der Waals surface area contributed by atoms with Gasteiger partial charge in [-0.1, -0.05) is 48.8 Å². The molecule has 3 aliphatic heterocycles. The molecule has 3 heterocycles. The Kier molecular flexibility index (Phi) is 8.12. The number of anilines is 1. The fraction of sp³-hybridized carbons (Fsp3) is 0.667. The monoisotopic (exact) mass is 579 g/mol. The van der Waals surface area contributed by atoms with Crippen molar-refractivity contribution in [3.63, 3.8) is 0 Å². The summed E-state index contributed by atoms with van der Waals surface area (Å²) in [4.78, 5) is 43.3. The molecule has 2 bridgehead atoms. The normalized spacial score (nSPS) is 31.6. The highest BCUT2D eigenvalue weighted by atomic mass is 79.9. The van der Waals surface area contributed by atoms with Crippen molar-refractivity contribution in [2.24, 2.45) is 17.8 Å². The van der Waals surface area contributed by atoms with Crippen LogP contribution in [-0.4, -0.2) is 67.8 Å². The Morgan fingerprint density at radius 2 is 2.00 bits per heavy atom. The number of benzene rings is 1. The molecular weight excluding hydrogens is 542 g/mol. The summed E-state index contributed by atoms with van der Waals surface area (Å²) in [7, 11) is 0. The second kappa shape index (κ2) is 10.7. The minimum atomic E-state index is -0.773. The molecule has 9 heteroatoms. The van der Waals surface area contributed by atoms with Gasteiger partial charge in [-0.3, -0.25) is 14.4 Å². The third kappa shape index (κ3) is 4.60. The summed E-state index contributed by atoms with van der Waals surface area (Å²) in [6, 6.07) is 4.65. The molecule has 0 aliphatic carbocycles. The quantitative estimate of drug-likeness (QED) is 0.388. The van der Waals surface area contributed by atoms with Crippen molar-refractivity contribution in [2.75, 3.05) is 18.5 Å². The van der Waals surface area contributed by atoms with Gasteiger partial charge in [-0.15, -0.1) is 11.8 Å². The standard InChI is InChI=1S/C27H38BrN3O4S/c1-6-9-29-24(33)20-21-26(35)31(17(13-32)10-14(2)3)23(27(21)12-18(28)22(20)36-27)25(34)30-19-11-15(4)7-8-16(19)5/h7-8,11,14,17-18,20-23,32H,6,9-10,12-13H2,1-5H3,(H,29,33)(H,30,34)/t17-,18?,20-,21+,22-,23?,27?/m1/s1. The van der Waals surface area contributed by atoms with Crippen molar-refractivity contribution in [2.45, 2.75) is 80.8 Å². The maximum Gasteiger partial charge on any atom is 0.248 e. The molecule has 4 rings (SSSR count). The number of aliphatic hydroxyl groups excluding tert-OH is 1. The molecule has 3 amide bonds. The summed E-state index contributed by atoms with van der Waals surface area (Å²) in [6.07, 6.45) is 2.01. The summed E-state index contributed by atoms with van der Waals surface area (Å²) in [5, 5.41) is 16.4. The number of thioether (sulfide) groups is 1. The van der Waals surface area contributed by atoms with Gasteiger partial charge in [0.25, 0.3) is 0 Å². The first-order valence-corrected chi connectivity index (χ1v) is 14.8. The van der Waals surface area contributed by atoms with E-state index in [1.165, 1.54) is 0 Å². The van der Waals surface area contributed by atoms with Crippen molar-refractivity contribution in [3.8, 4) is 0 Å². The summed E-state index contributed by atoms with van der Waals surface area (Å²) >= 11 is 5.41. The zero-order valence-electron chi connectivity index (χ0n) is 21.7. The van der Waals surface area contributed by atoms with Gasteiger partial charge in [0, 0.05) is 22.3 Å². The molecule has 36 heavy (non-hydrogen) atoms. The first-order chi connectivity index (χ1) is 17.0. The Morgan fingerprint density at radius 1 is 1.28 bits per heavy atom. The lowest BCUT2D eigenvalue weighted by atomic mass is 9.70. The molecule has 1 aromatic rings. The predicted octanol–water partition coefficient (Wildman–Crippen LogP) is 3.64. The van der Waals surface area contributed by atoms with Crippen molar-refractivity contribution in [3.05, 3.63) is 29.3 Å². The number of fused-ring (bicyclic) bond motifs is 1. The highest BCUT2D eigenvalue weighted by Gasteiger charge is 2.76. The third-order valence-electron chi connectivity index (χ3n) is 7.83. The molecule has 7 atom stereocenters. The average Bonchev–Trinajstić information content (AvgIpc) is 3.41. The fourth-order valence-corrected chi connectivity index (χ4v) is 9.92. The van der Waals surface area contributed by atoms with Gasteiger partial charge in [0.15, 0.2) is 0 Å². The summed E-state index contributed by atoms with van der Waals surface area (Å²) in [5.74, 6) is -1.41. The average molecular weight is 581 g/mol. The lowest BCUT2D eigenvalue weighted by Crippen LogP contribution is -2.55. The van der Waals surface area contributed by atoms with Crippen LogP contribution >= 0.6 is 27.7 Å². The van der Waals surface area contributed by atoms with Crippen LogP contribution in [0.4, 0.5) is 5.69 Å². The van der Waals surface area contributed by atoms with Crippen LogP contribution in [0.15, 0.2) is 18.2 Å². The second-order valence-electron chi connectivity index (χ2n) is 11.0. The molecule has 0 radical (unpaired) electrons. The van der Waals surface area contributed by atoms with Crippen LogP contribution < -0.4 is 10.6 Å². The van der Waals surface area contributed by atoms with Crippen LogP contribution in [0.1, 0.15) is 51.2 Å². The Morgan fingerprint density at radius 3 is 2.64 bits per heavy atom. The first-order valence-electron chi connectivity index (χ1n) is 13.0. The maximum absolute atomic E-state index is 14.2. The Labute approximate surface area is 226 Å². The Hall–Kier alpha value is -1.58. The highest BCUT2D eigenvalue weighted by Crippen LogP contribution is 2.68. The zero-order valence-corrected chi connectivity index (χ0v) is 24.1. The van der Waals surface area contributed by atoms with E-state index in [4.69, 9.17) is 0 Å². The van der Waals surface area contributed by atoms with Gasteiger partial charge in [0.05, 0.1) is 29.2 Å². The number of hydrogen-bond donors (Lipinski definition) is 3. The van der Waals surface area contributed by atoms with Gasteiger partial charge in [-0.2, -0.15) is 0 Å². The zero-order chi connectivity index (χ0) is 26.4. The van der Waals surface area contributed by atoms with Gasteiger partial charge in [-0.05, 0) is 56.2 Å². The molecule has 3 fully saturated rings. The number of nitrogens with zero attached hydrogens (tertiary/aromatic N) is 1. The third-order valence-corrected chi connectivity index (χ3v) is 11.0. The van der Waals surface area contributed by atoms with E-state index in [9.17, 15) is 19.5 Å². The second-order valence-corrected chi connectivity index (χ2v) is 13.7. The fourth-order valence-electron chi connectivity index (χ4n) is 6.32. The van der Waals surface area contributed by atoms with E-state index in [-0.39, 0.29) is 40.3 Å². The molecule has 3 aliphatic rings. The Bertz CT molecular complexity index is 1040. The van der Waals surface area contributed by atoms with Crippen LogP contribution in [0.5, 0.6) is 0 Å². The molecule has 3 unspecified atom stereocenters. The van der Waals surface area contributed by atoms with Gasteiger partial charge in [-0.25, -0.2) is 0 Å². The predicted molar refractivity (Wildman–Crippen MR) is 147 cm³/mol. The van der Waals surface area contributed by atoms with Crippen LogP contribution in [0, 0.1) is 31.6 Å². The minimum Gasteiger partial charge on any atom is -0.394 e. The number of likely N-dealkylation sites (tertiary alicyclic amines) is 1. The van der Waals surface area contributed by atoms with E-state index in [1.807, 2.05) is 52.8 Å². The van der Waals surface area contributed by atoms with Crippen LogP contribution in [0.2, 0.25) is 0 Å². The van der Waals surface area contributed by atoms with E-state index in [0.29, 0.717) is 19.4 Å². The smallest absolute Gasteiger partial charge is 0.248 e. The number of carbonyl (C=O) groups is 3. The molecule has 198 valence electrons. The lowest BCUT2D eigenvalue weighted by Gasteiger charge is -2.38. The van der Waals surface area contributed by atoms with Crippen LogP contribution in [0.25, 0.3) is 0 Å². The molecule has 0 saturated carbocycles. The number of halogens is 1. The van der Waals surface area contributed by atoms with Crippen molar-refractivity contribution >= 4 is 51.1 Å². The lowest BCUT2D eigenvalue weighted by molar-refractivity contribution is -0.142.